The van der Waals surface area contributed by atoms with Crippen molar-refractivity contribution < 1.29 is 9.32 Å². The number of nitrogens with one attached hydrogen (secondary N) is 1. The molecule has 1 atom stereocenters. The summed E-state index contributed by atoms with van der Waals surface area (Å²) in [5, 5.41) is 8.67. The molecular formula is C21H24ClN3O2. The Balaban J connectivity index is 1.81. The Morgan fingerprint density at radius 1 is 1.26 bits per heavy atom. The fourth-order valence-corrected chi connectivity index (χ4v) is 3.12. The van der Waals surface area contributed by atoms with Crippen LogP contribution in [0.5, 0.6) is 0 Å². The van der Waals surface area contributed by atoms with Gasteiger partial charge >= 0.3 is 0 Å². The van der Waals surface area contributed by atoms with Gasteiger partial charge in [-0.05, 0) is 50.8 Å². The fourth-order valence-electron chi connectivity index (χ4n) is 2.96. The van der Waals surface area contributed by atoms with Crippen molar-refractivity contribution in [2.45, 2.75) is 44.7 Å². The molecule has 2 aromatic carbocycles. The van der Waals surface area contributed by atoms with Gasteiger partial charge in [-0.15, -0.1) is 0 Å². The zero-order valence-corrected chi connectivity index (χ0v) is 16.3. The zero-order valence-electron chi connectivity index (χ0n) is 15.5. The van der Waals surface area contributed by atoms with Crippen molar-refractivity contribution in [3.63, 3.8) is 0 Å². The predicted octanol–water partition coefficient (Wildman–Crippen LogP) is 4.40. The standard InChI is InChI=1S/C21H24ClN3O2/c1-21(2,23)20(26)24-17(10-6-9-14-7-4-3-5-8-14)19-16-12-11-15(22)13-18(16)27-25-19/h3-5,7-8,11-13,17H,6,9-10,23H2,1-2H3,(H,24,26). The van der Waals surface area contributed by atoms with Crippen LogP contribution in [0.3, 0.4) is 0 Å². The maximum atomic E-state index is 12.5. The minimum atomic E-state index is -0.972. The van der Waals surface area contributed by atoms with Crippen LogP contribution in [-0.4, -0.2) is 16.6 Å². The van der Waals surface area contributed by atoms with Crippen molar-refractivity contribution in [3.8, 4) is 0 Å². The molecule has 0 aliphatic rings. The average Bonchev–Trinajstić information content (AvgIpc) is 3.03. The van der Waals surface area contributed by atoms with E-state index in [1.807, 2.05) is 24.3 Å². The van der Waals surface area contributed by atoms with Crippen molar-refractivity contribution in [2.24, 2.45) is 5.73 Å². The van der Waals surface area contributed by atoms with Crippen LogP contribution in [0.15, 0.2) is 53.1 Å². The molecule has 6 heteroatoms. The number of halogens is 1. The number of fused-ring (bicyclic) bond motifs is 1. The van der Waals surface area contributed by atoms with Gasteiger partial charge in [0.05, 0.1) is 11.6 Å². The first-order chi connectivity index (χ1) is 12.8. The van der Waals surface area contributed by atoms with E-state index in [9.17, 15) is 4.79 Å². The number of carbonyl (C=O) groups is 1. The molecule has 0 saturated heterocycles. The molecule has 0 saturated carbocycles. The topological polar surface area (TPSA) is 81.2 Å². The molecule has 0 fully saturated rings. The van der Waals surface area contributed by atoms with Gasteiger partial charge in [0.1, 0.15) is 5.69 Å². The maximum absolute atomic E-state index is 12.5. The van der Waals surface area contributed by atoms with E-state index in [1.54, 1.807) is 26.0 Å². The van der Waals surface area contributed by atoms with Crippen LogP contribution in [0.25, 0.3) is 11.0 Å². The largest absolute Gasteiger partial charge is 0.356 e. The molecule has 0 bridgehead atoms. The number of nitrogens with zero attached hydrogens (tertiary/aromatic N) is 1. The lowest BCUT2D eigenvalue weighted by Gasteiger charge is -2.23. The number of hydrogen-bond acceptors (Lipinski definition) is 4. The fraction of sp³-hybridized carbons (Fsp3) is 0.333. The van der Waals surface area contributed by atoms with Crippen LogP contribution in [0.4, 0.5) is 0 Å². The second kappa shape index (κ2) is 8.11. The van der Waals surface area contributed by atoms with E-state index in [2.05, 4.69) is 22.6 Å². The number of benzene rings is 2. The molecule has 0 aliphatic carbocycles. The highest BCUT2D eigenvalue weighted by Crippen LogP contribution is 2.29. The summed E-state index contributed by atoms with van der Waals surface area (Å²) in [6, 6.07) is 15.4. The van der Waals surface area contributed by atoms with Crippen molar-refractivity contribution in [1.29, 1.82) is 0 Å². The Morgan fingerprint density at radius 2 is 2.00 bits per heavy atom. The van der Waals surface area contributed by atoms with E-state index < -0.39 is 5.54 Å². The summed E-state index contributed by atoms with van der Waals surface area (Å²) >= 11 is 6.03. The molecule has 1 amide bonds. The highest BCUT2D eigenvalue weighted by atomic mass is 35.5. The van der Waals surface area contributed by atoms with Crippen LogP contribution >= 0.6 is 11.6 Å². The average molecular weight is 386 g/mol. The molecule has 1 heterocycles. The number of nitrogens with two attached hydrogens (primary N) is 1. The maximum Gasteiger partial charge on any atom is 0.240 e. The molecule has 0 aliphatic heterocycles. The van der Waals surface area contributed by atoms with Gasteiger partial charge in [-0.2, -0.15) is 0 Å². The Hall–Kier alpha value is -2.37. The number of hydrogen-bond donors (Lipinski definition) is 2. The normalized spacial score (nSPS) is 12.9. The Morgan fingerprint density at radius 3 is 2.70 bits per heavy atom. The third-order valence-corrected chi connectivity index (χ3v) is 4.72. The summed E-state index contributed by atoms with van der Waals surface area (Å²) < 4.78 is 5.43. The Kier molecular flexibility index (Phi) is 5.82. The lowest BCUT2D eigenvalue weighted by atomic mass is 9.99. The quantitative estimate of drug-likeness (QED) is 0.631. The summed E-state index contributed by atoms with van der Waals surface area (Å²) in [7, 11) is 0. The monoisotopic (exact) mass is 385 g/mol. The second-order valence-corrected chi connectivity index (χ2v) is 7.77. The van der Waals surface area contributed by atoms with Gasteiger partial charge in [0.25, 0.3) is 0 Å². The van der Waals surface area contributed by atoms with Crippen LogP contribution in [-0.2, 0) is 11.2 Å². The minimum Gasteiger partial charge on any atom is -0.356 e. The van der Waals surface area contributed by atoms with Gasteiger partial charge in [0.2, 0.25) is 5.91 Å². The summed E-state index contributed by atoms with van der Waals surface area (Å²) in [6.45, 7) is 3.37. The highest BCUT2D eigenvalue weighted by Gasteiger charge is 2.27. The van der Waals surface area contributed by atoms with Gasteiger partial charge in [-0.25, -0.2) is 0 Å². The molecule has 3 rings (SSSR count). The van der Waals surface area contributed by atoms with Crippen molar-refractivity contribution in [1.82, 2.24) is 10.5 Å². The van der Waals surface area contributed by atoms with E-state index in [0.717, 1.165) is 24.6 Å². The summed E-state index contributed by atoms with van der Waals surface area (Å²) in [5.41, 5.74) is 7.56. The number of aryl methyl sites for hydroxylation is 1. The molecule has 5 nitrogen and oxygen atoms in total. The van der Waals surface area contributed by atoms with E-state index in [0.29, 0.717) is 16.3 Å². The molecule has 142 valence electrons. The Bertz CT molecular complexity index is 916. The van der Waals surface area contributed by atoms with E-state index >= 15 is 0 Å². The van der Waals surface area contributed by atoms with E-state index in [4.69, 9.17) is 21.9 Å². The van der Waals surface area contributed by atoms with Crippen LogP contribution in [0, 0.1) is 0 Å². The molecular weight excluding hydrogens is 362 g/mol. The third kappa shape index (κ3) is 4.87. The predicted molar refractivity (Wildman–Crippen MR) is 108 cm³/mol. The van der Waals surface area contributed by atoms with Gasteiger partial charge in [0.15, 0.2) is 5.58 Å². The van der Waals surface area contributed by atoms with Crippen molar-refractivity contribution in [2.75, 3.05) is 0 Å². The first kappa shape index (κ1) is 19.4. The minimum absolute atomic E-state index is 0.225. The van der Waals surface area contributed by atoms with Gasteiger partial charge in [-0.1, -0.05) is 47.1 Å². The van der Waals surface area contributed by atoms with Crippen molar-refractivity contribution in [3.05, 3.63) is 64.8 Å². The first-order valence-electron chi connectivity index (χ1n) is 9.03. The number of aromatic nitrogens is 1. The molecule has 0 radical (unpaired) electrons. The lowest BCUT2D eigenvalue weighted by Crippen LogP contribution is -2.50. The molecule has 27 heavy (non-hydrogen) atoms. The lowest BCUT2D eigenvalue weighted by molar-refractivity contribution is -0.126. The summed E-state index contributed by atoms with van der Waals surface area (Å²) in [4.78, 5) is 12.5. The van der Waals surface area contributed by atoms with Crippen LogP contribution in [0.2, 0.25) is 5.02 Å². The zero-order chi connectivity index (χ0) is 19.4. The van der Waals surface area contributed by atoms with Gasteiger partial charge < -0.3 is 15.6 Å². The molecule has 1 aromatic heterocycles. The van der Waals surface area contributed by atoms with Gasteiger partial charge in [0, 0.05) is 16.5 Å². The van der Waals surface area contributed by atoms with Gasteiger partial charge in [-0.3, -0.25) is 4.79 Å². The molecule has 1 unspecified atom stereocenters. The van der Waals surface area contributed by atoms with Crippen molar-refractivity contribution >= 4 is 28.5 Å². The number of carbonyl (C=O) groups excluding carboxylic acids is 1. The molecule has 0 spiro atoms. The SMILES string of the molecule is CC(C)(N)C(=O)NC(CCCc1ccccc1)c1noc2cc(Cl)ccc12. The second-order valence-electron chi connectivity index (χ2n) is 7.33. The Labute approximate surface area is 163 Å². The van der Waals surface area contributed by atoms with Crippen LogP contribution in [0.1, 0.15) is 44.0 Å². The summed E-state index contributed by atoms with van der Waals surface area (Å²) in [6.07, 6.45) is 2.53. The third-order valence-electron chi connectivity index (χ3n) is 4.48. The van der Waals surface area contributed by atoms with E-state index in [-0.39, 0.29) is 11.9 Å². The molecule has 3 aromatic rings. The van der Waals surface area contributed by atoms with Crippen LogP contribution < -0.4 is 11.1 Å². The number of rotatable bonds is 7. The molecule has 3 N–H and O–H groups in total. The number of amides is 1. The first-order valence-corrected chi connectivity index (χ1v) is 9.41. The highest BCUT2D eigenvalue weighted by molar-refractivity contribution is 6.31. The summed E-state index contributed by atoms with van der Waals surface area (Å²) in [5.74, 6) is -0.225. The smallest absolute Gasteiger partial charge is 0.240 e. The van der Waals surface area contributed by atoms with E-state index in [1.165, 1.54) is 5.56 Å².